The Morgan fingerprint density at radius 2 is 1.69 bits per heavy atom. The molecule has 0 saturated carbocycles. The number of amides is 3. The second kappa shape index (κ2) is 9.70. The van der Waals surface area contributed by atoms with Crippen LogP contribution >= 0.6 is 0 Å². The molecule has 0 heterocycles. The van der Waals surface area contributed by atoms with Crippen molar-refractivity contribution >= 4 is 23.7 Å². The number of esters is 1. The Morgan fingerprint density at radius 1 is 1.04 bits per heavy atom. The predicted octanol–water partition coefficient (Wildman–Crippen LogP) is 2.43. The molecule has 1 atom stereocenters. The van der Waals surface area contributed by atoms with Gasteiger partial charge in [-0.3, -0.25) is 19.7 Å². The SMILES string of the molecule is Cc1ccc(C)c(C(=O)CCC(=O)O[C@@H](C)C(=O)NC(=O)NC(C)C)c1. The van der Waals surface area contributed by atoms with E-state index in [9.17, 15) is 19.2 Å². The predicted molar refractivity (Wildman–Crippen MR) is 96.8 cm³/mol. The molecule has 26 heavy (non-hydrogen) atoms. The van der Waals surface area contributed by atoms with Gasteiger partial charge in [-0.15, -0.1) is 0 Å². The Balaban J connectivity index is 2.48. The number of urea groups is 1. The first-order valence-corrected chi connectivity index (χ1v) is 8.51. The van der Waals surface area contributed by atoms with Crippen LogP contribution in [0.1, 0.15) is 55.1 Å². The van der Waals surface area contributed by atoms with E-state index >= 15 is 0 Å². The topological polar surface area (TPSA) is 102 Å². The molecule has 0 spiro atoms. The van der Waals surface area contributed by atoms with Crippen LogP contribution in [0.25, 0.3) is 0 Å². The molecule has 0 aliphatic heterocycles. The smallest absolute Gasteiger partial charge is 0.321 e. The summed E-state index contributed by atoms with van der Waals surface area (Å²) >= 11 is 0. The molecule has 0 saturated heterocycles. The Morgan fingerprint density at radius 3 is 2.31 bits per heavy atom. The summed E-state index contributed by atoms with van der Waals surface area (Å²) in [7, 11) is 0. The van der Waals surface area contributed by atoms with Gasteiger partial charge in [-0.25, -0.2) is 4.79 Å². The van der Waals surface area contributed by atoms with Crippen molar-refractivity contribution in [3.63, 3.8) is 0 Å². The number of carbonyl (C=O) groups is 4. The first-order chi connectivity index (χ1) is 12.1. The third kappa shape index (κ3) is 7.04. The summed E-state index contributed by atoms with van der Waals surface area (Å²) < 4.78 is 4.98. The lowest BCUT2D eigenvalue weighted by molar-refractivity contribution is -0.154. The largest absolute Gasteiger partial charge is 0.453 e. The summed E-state index contributed by atoms with van der Waals surface area (Å²) in [5, 5.41) is 4.58. The molecule has 1 aromatic rings. The standard InChI is InChI=1S/C19H26N2O5/c1-11(2)20-19(25)21-18(24)14(5)26-17(23)9-8-16(22)15-10-12(3)6-7-13(15)4/h6-7,10-11,14H,8-9H2,1-5H3,(H2,20,21,24,25)/t14-/m0/s1. The van der Waals surface area contributed by atoms with Gasteiger partial charge in [-0.2, -0.15) is 0 Å². The first-order valence-electron chi connectivity index (χ1n) is 8.51. The number of imide groups is 1. The highest BCUT2D eigenvalue weighted by Gasteiger charge is 2.21. The lowest BCUT2D eigenvalue weighted by Crippen LogP contribution is -2.46. The normalized spacial score (nSPS) is 11.6. The monoisotopic (exact) mass is 362 g/mol. The quantitative estimate of drug-likeness (QED) is 0.573. The first kappa shape index (κ1) is 21.3. The van der Waals surface area contributed by atoms with Crippen LogP contribution in [0.5, 0.6) is 0 Å². The molecule has 0 fully saturated rings. The van der Waals surface area contributed by atoms with Crippen LogP contribution < -0.4 is 10.6 Å². The summed E-state index contributed by atoms with van der Waals surface area (Å²) in [5.41, 5.74) is 2.39. The van der Waals surface area contributed by atoms with Crippen molar-refractivity contribution in [3.05, 3.63) is 34.9 Å². The van der Waals surface area contributed by atoms with E-state index in [-0.39, 0.29) is 24.7 Å². The van der Waals surface area contributed by atoms with Crippen molar-refractivity contribution in [2.45, 2.75) is 59.6 Å². The maximum Gasteiger partial charge on any atom is 0.321 e. The van der Waals surface area contributed by atoms with Crippen molar-refractivity contribution < 1.29 is 23.9 Å². The molecule has 0 aliphatic carbocycles. The number of hydrogen-bond acceptors (Lipinski definition) is 5. The zero-order chi connectivity index (χ0) is 19.9. The molecule has 0 aromatic heterocycles. The number of carbonyl (C=O) groups excluding carboxylic acids is 4. The number of ketones is 1. The van der Waals surface area contributed by atoms with E-state index in [1.54, 1.807) is 19.9 Å². The highest BCUT2D eigenvalue weighted by atomic mass is 16.5. The van der Waals surface area contributed by atoms with E-state index in [4.69, 9.17) is 4.74 Å². The van der Waals surface area contributed by atoms with Gasteiger partial charge in [0.25, 0.3) is 5.91 Å². The molecular weight excluding hydrogens is 336 g/mol. The second-order valence-electron chi connectivity index (χ2n) is 6.49. The fraction of sp³-hybridized carbons (Fsp3) is 0.474. The highest BCUT2D eigenvalue weighted by molar-refractivity contribution is 5.99. The van der Waals surface area contributed by atoms with Crippen molar-refractivity contribution in [2.75, 3.05) is 0 Å². The molecule has 0 aliphatic rings. The van der Waals surface area contributed by atoms with E-state index in [1.165, 1.54) is 6.92 Å². The molecule has 2 N–H and O–H groups in total. The minimum atomic E-state index is -1.13. The average molecular weight is 362 g/mol. The Kier molecular flexibility index (Phi) is 7.96. The number of aryl methyl sites for hydroxylation is 2. The van der Waals surface area contributed by atoms with E-state index in [0.717, 1.165) is 11.1 Å². The zero-order valence-corrected chi connectivity index (χ0v) is 15.8. The van der Waals surface area contributed by atoms with E-state index < -0.39 is 24.0 Å². The molecule has 1 rings (SSSR count). The van der Waals surface area contributed by atoms with Crippen LogP contribution in [0.3, 0.4) is 0 Å². The zero-order valence-electron chi connectivity index (χ0n) is 15.8. The molecule has 0 bridgehead atoms. The molecule has 0 radical (unpaired) electrons. The Bertz CT molecular complexity index is 697. The van der Waals surface area contributed by atoms with Gasteiger partial charge in [0.15, 0.2) is 11.9 Å². The summed E-state index contributed by atoms with van der Waals surface area (Å²) in [5.74, 6) is -1.55. The van der Waals surface area contributed by atoms with Crippen molar-refractivity contribution in [2.24, 2.45) is 0 Å². The lowest BCUT2D eigenvalue weighted by atomic mass is 9.99. The van der Waals surface area contributed by atoms with Gasteiger partial charge < -0.3 is 10.1 Å². The van der Waals surface area contributed by atoms with Gasteiger partial charge in [-0.05, 0) is 46.2 Å². The lowest BCUT2D eigenvalue weighted by Gasteiger charge is -2.14. The van der Waals surface area contributed by atoms with Gasteiger partial charge in [-0.1, -0.05) is 17.7 Å². The number of rotatable bonds is 7. The third-order valence-electron chi connectivity index (χ3n) is 3.58. The number of benzene rings is 1. The van der Waals surface area contributed by atoms with E-state index in [0.29, 0.717) is 5.56 Å². The minimum absolute atomic E-state index is 0.00863. The highest BCUT2D eigenvalue weighted by Crippen LogP contribution is 2.14. The van der Waals surface area contributed by atoms with Gasteiger partial charge >= 0.3 is 12.0 Å². The second-order valence-corrected chi connectivity index (χ2v) is 6.49. The molecule has 7 heteroatoms. The number of ether oxygens (including phenoxy) is 1. The average Bonchev–Trinajstić information content (AvgIpc) is 2.53. The maximum atomic E-state index is 12.2. The van der Waals surface area contributed by atoms with Crippen LogP contribution in [0, 0.1) is 13.8 Å². The maximum absolute atomic E-state index is 12.2. The fourth-order valence-corrected chi connectivity index (χ4v) is 2.21. The molecule has 3 amide bonds. The minimum Gasteiger partial charge on any atom is -0.453 e. The van der Waals surface area contributed by atoms with Crippen molar-refractivity contribution in [1.29, 1.82) is 0 Å². The third-order valence-corrected chi connectivity index (χ3v) is 3.58. The van der Waals surface area contributed by atoms with Crippen LogP contribution in [0.4, 0.5) is 4.79 Å². The van der Waals surface area contributed by atoms with Crippen molar-refractivity contribution in [1.82, 2.24) is 10.6 Å². The Labute approximate surface area is 153 Å². The summed E-state index contributed by atoms with van der Waals surface area (Å²) in [6, 6.07) is 4.77. The number of Topliss-reactive ketones (excluding diaryl/α,β-unsaturated/α-hetero) is 1. The number of hydrogen-bond donors (Lipinski definition) is 2. The van der Waals surface area contributed by atoms with Crippen LogP contribution in [0.2, 0.25) is 0 Å². The van der Waals surface area contributed by atoms with E-state index in [1.807, 2.05) is 26.0 Å². The molecule has 0 unspecified atom stereocenters. The van der Waals surface area contributed by atoms with Crippen LogP contribution in [-0.4, -0.2) is 35.8 Å². The summed E-state index contributed by atoms with van der Waals surface area (Å²) in [6.07, 6.45) is -1.27. The molecular formula is C19H26N2O5. The summed E-state index contributed by atoms with van der Waals surface area (Å²) in [4.78, 5) is 47.4. The molecule has 1 aromatic carbocycles. The summed E-state index contributed by atoms with van der Waals surface area (Å²) in [6.45, 7) is 8.59. The fourth-order valence-electron chi connectivity index (χ4n) is 2.21. The van der Waals surface area contributed by atoms with Crippen molar-refractivity contribution in [3.8, 4) is 0 Å². The van der Waals surface area contributed by atoms with Crippen LogP contribution in [-0.2, 0) is 14.3 Å². The van der Waals surface area contributed by atoms with Gasteiger partial charge in [0.2, 0.25) is 0 Å². The van der Waals surface area contributed by atoms with Gasteiger partial charge in [0, 0.05) is 18.0 Å². The molecule has 142 valence electrons. The van der Waals surface area contributed by atoms with Crippen LogP contribution in [0.15, 0.2) is 18.2 Å². The number of nitrogens with one attached hydrogen (secondary N) is 2. The van der Waals surface area contributed by atoms with Gasteiger partial charge in [0.1, 0.15) is 0 Å². The van der Waals surface area contributed by atoms with E-state index in [2.05, 4.69) is 10.6 Å². The molecule has 7 nitrogen and oxygen atoms in total. The van der Waals surface area contributed by atoms with Gasteiger partial charge in [0.05, 0.1) is 6.42 Å². The Hall–Kier alpha value is -2.70.